The summed E-state index contributed by atoms with van der Waals surface area (Å²) in [4.78, 5) is 14.8. The van der Waals surface area contributed by atoms with Gasteiger partial charge in [0, 0.05) is 17.1 Å². The van der Waals surface area contributed by atoms with E-state index in [1.54, 1.807) is 18.2 Å². The minimum atomic E-state index is 0.00530. The van der Waals surface area contributed by atoms with E-state index in [9.17, 15) is 4.79 Å². The molecular weight excluding hydrogens is 314 g/mol. The first-order valence-corrected chi connectivity index (χ1v) is 8.07. The maximum Gasteiger partial charge on any atom is 0.254 e. The second-order valence-corrected chi connectivity index (χ2v) is 6.15. The fourth-order valence-corrected chi connectivity index (χ4v) is 3.54. The third kappa shape index (κ3) is 2.53. The van der Waals surface area contributed by atoms with Crippen molar-refractivity contribution in [3.63, 3.8) is 0 Å². The molecule has 1 unspecified atom stereocenters. The fourth-order valence-electron chi connectivity index (χ4n) is 3.27. The highest BCUT2D eigenvalue weighted by molar-refractivity contribution is 6.31. The Kier molecular flexibility index (Phi) is 3.62. The first-order valence-electron chi connectivity index (χ1n) is 7.69. The topological polar surface area (TPSA) is 38.8 Å². The number of ether oxygens (including phenoxy) is 2. The Balaban J connectivity index is 1.64. The minimum absolute atomic E-state index is 0.00530. The Hall–Kier alpha value is -2.20. The second-order valence-electron chi connectivity index (χ2n) is 5.75. The first kappa shape index (κ1) is 14.4. The van der Waals surface area contributed by atoms with Crippen molar-refractivity contribution in [3.05, 3.63) is 58.6 Å². The lowest BCUT2D eigenvalue weighted by atomic mass is 10.0. The molecule has 1 fully saturated rings. The predicted octanol–water partition coefficient (Wildman–Crippen LogP) is 4.05. The molecule has 2 aliphatic heterocycles. The molecule has 0 saturated carbocycles. The van der Waals surface area contributed by atoms with Gasteiger partial charge in [-0.1, -0.05) is 29.8 Å². The van der Waals surface area contributed by atoms with Crippen molar-refractivity contribution in [3.8, 4) is 11.5 Å². The number of amides is 1. The molecule has 118 valence electrons. The van der Waals surface area contributed by atoms with E-state index in [0.717, 1.165) is 24.9 Å². The van der Waals surface area contributed by atoms with Crippen molar-refractivity contribution in [2.75, 3.05) is 13.3 Å². The molecule has 4 nitrogen and oxygen atoms in total. The highest BCUT2D eigenvalue weighted by Crippen LogP contribution is 2.38. The molecule has 0 aromatic heterocycles. The number of halogens is 1. The van der Waals surface area contributed by atoms with Crippen molar-refractivity contribution in [1.29, 1.82) is 0 Å². The number of hydrogen-bond donors (Lipinski definition) is 0. The monoisotopic (exact) mass is 329 g/mol. The predicted molar refractivity (Wildman–Crippen MR) is 87.0 cm³/mol. The smallest absolute Gasteiger partial charge is 0.254 e. The molecule has 1 saturated heterocycles. The number of likely N-dealkylation sites (tertiary alicyclic amines) is 1. The van der Waals surface area contributed by atoms with Crippen molar-refractivity contribution in [1.82, 2.24) is 4.90 Å². The Bertz CT molecular complexity index is 762. The van der Waals surface area contributed by atoms with Crippen LogP contribution in [0.5, 0.6) is 11.5 Å². The average Bonchev–Trinajstić information content (AvgIpc) is 3.23. The van der Waals surface area contributed by atoms with Crippen LogP contribution >= 0.6 is 11.6 Å². The van der Waals surface area contributed by atoms with E-state index < -0.39 is 0 Å². The van der Waals surface area contributed by atoms with E-state index in [1.807, 2.05) is 29.2 Å². The lowest BCUT2D eigenvalue weighted by Gasteiger charge is -2.26. The maximum atomic E-state index is 12.9. The molecule has 2 aliphatic rings. The quantitative estimate of drug-likeness (QED) is 0.834. The van der Waals surface area contributed by atoms with Crippen molar-refractivity contribution < 1.29 is 14.3 Å². The van der Waals surface area contributed by atoms with Crippen LogP contribution in [0.4, 0.5) is 0 Å². The third-order valence-electron chi connectivity index (χ3n) is 4.40. The summed E-state index contributed by atoms with van der Waals surface area (Å²) in [6, 6.07) is 13.1. The summed E-state index contributed by atoms with van der Waals surface area (Å²) in [6.45, 7) is 0.947. The zero-order valence-corrected chi connectivity index (χ0v) is 13.3. The van der Waals surface area contributed by atoms with Gasteiger partial charge in [0.15, 0.2) is 11.5 Å². The Morgan fingerprint density at radius 3 is 2.83 bits per heavy atom. The number of carbonyl (C=O) groups is 1. The summed E-state index contributed by atoms with van der Waals surface area (Å²) in [5, 5.41) is 0.711. The third-order valence-corrected chi connectivity index (χ3v) is 4.74. The lowest BCUT2D eigenvalue weighted by molar-refractivity contribution is 0.0735. The van der Waals surface area contributed by atoms with Gasteiger partial charge in [-0.15, -0.1) is 0 Å². The van der Waals surface area contributed by atoms with Gasteiger partial charge < -0.3 is 14.4 Å². The fraction of sp³-hybridized carbons (Fsp3) is 0.278. The standard InChI is InChI=1S/C18H16ClNO3/c19-14-5-2-1-4-13(14)15-6-3-9-20(15)18(21)12-7-8-16-17(10-12)23-11-22-16/h1-2,4-5,7-8,10,15H,3,6,9,11H2. The molecule has 2 aromatic rings. The normalized spacial score (nSPS) is 19.2. The molecule has 4 rings (SSSR count). The zero-order valence-electron chi connectivity index (χ0n) is 12.5. The van der Waals surface area contributed by atoms with E-state index >= 15 is 0 Å². The minimum Gasteiger partial charge on any atom is -0.454 e. The average molecular weight is 330 g/mol. The number of benzene rings is 2. The van der Waals surface area contributed by atoms with E-state index in [2.05, 4.69) is 0 Å². The van der Waals surface area contributed by atoms with Crippen LogP contribution in [0.15, 0.2) is 42.5 Å². The number of fused-ring (bicyclic) bond motifs is 1. The first-order chi connectivity index (χ1) is 11.2. The molecule has 0 radical (unpaired) electrons. The van der Waals surface area contributed by atoms with Gasteiger partial charge >= 0.3 is 0 Å². The molecule has 5 heteroatoms. The highest BCUT2D eigenvalue weighted by Gasteiger charge is 2.32. The summed E-state index contributed by atoms with van der Waals surface area (Å²) in [5.74, 6) is 1.32. The Morgan fingerprint density at radius 1 is 1.13 bits per heavy atom. The second kappa shape index (κ2) is 5.78. The van der Waals surface area contributed by atoms with E-state index in [1.165, 1.54) is 0 Å². The molecule has 0 bridgehead atoms. The van der Waals surface area contributed by atoms with Gasteiger partial charge in [-0.05, 0) is 42.7 Å². The van der Waals surface area contributed by atoms with E-state index in [0.29, 0.717) is 22.1 Å². The summed E-state index contributed by atoms with van der Waals surface area (Å²) < 4.78 is 10.7. The largest absolute Gasteiger partial charge is 0.454 e. The summed E-state index contributed by atoms with van der Waals surface area (Å²) >= 11 is 6.32. The van der Waals surface area contributed by atoms with Crippen molar-refractivity contribution in [2.24, 2.45) is 0 Å². The molecule has 1 amide bonds. The molecule has 23 heavy (non-hydrogen) atoms. The van der Waals surface area contributed by atoms with Crippen LogP contribution in [-0.4, -0.2) is 24.1 Å². The molecule has 2 aromatic carbocycles. The Morgan fingerprint density at radius 2 is 1.96 bits per heavy atom. The van der Waals surface area contributed by atoms with Crippen LogP contribution in [0.1, 0.15) is 34.8 Å². The molecule has 0 N–H and O–H groups in total. The SMILES string of the molecule is O=C(c1ccc2c(c1)OCO2)N1CCCC1c1ccccc1Cl. The van der Waals surface area contributed by atoms with Crippen LogP contribution in [0.25, 0.3) is 0 Å². The number of nitrogens with zero attached hydrogens (tertiary/aromatic N) is 1. The highest BCUT2D eigenvalue weighted by atomic mass is 35.5. The maximum absolute atomic E-state index is 12.9. The number of hydrogen-bond acceptors (Lipinski definition) is 3. The summed E-state index contributed by atoms with van der Waals surface area (Å²) in [5.41, 5.74) is 1.63. The van der Waals surface area contributed by atoms with Gasteiger partial charge in [0.05, 0.1) is 6.04 Å². The van der Waals surface area contributed by atoms with E-state index in [-0.39, 0.29) is 18.7 Å². The molecule has 2 heterocycles. The van der Waals surface area contributed by atoms with Gasteiger partial charge in [0.25, 0.3) is 5.91 Å². The molecule has 1 atom stereocenters. The molecule has 0 aliphatic carbocycles. The molecular formula is C18H16ClNO3. The van der Waals surface area contributed by atoms with Gasteiger partial charge in [0.2, 0.25) is 6.79 Å². The number of carbonyl (C=O) groups excluding carboxylic acids is 1. The summed E-state index contributed by atoms with van der Waals surface area (Å²) in [7, 11) is 0. The van der Waals surface area contributed by atoms with Gasteiger partial charge in [-0.25, -0.2) is 0 Å². The zero-order chi connectivity index (χ0) is 15.8. The van der Waals surface area contributed by atoms with E-state index in [4.69, 9.17) is 21.1 Å². The van der Waals surface area contributed by atoms with Crippen LogP contribution < -0.4 is 9.47 Å². The van der Waals surface area contributed by atoms with Crippen molar-refractivity contribution in [2.45, 2.75) is 18.9 Å². The van der Waals surface area contributed by atoms with Gasteiger partial charge in [-0.3, -0.25) is 4.79 Å². The van der Waals surface area contributed by atoms with Crippen LogP contribution in [0, 0.1) is 0 Å². The molecule has 0 spiro atoms. The van der Waals surface area contributed by atoms with Crippen molar-refractivity contribution >= 4 is 17.5 Å². The summed E-state index contributed by atoms with van der Waals surface area (Å²) in [6.07, 6.45) is 1.91. The van der Waals surface area contributed by atoms with Gasteiger partial charge in [-0.2, -0.15) is 0 Å². The van der Waals surface area contributed by atoms with Crippen LogP contribution in [0.3, 0.4) is 0 Å². The lowest BCUT2D eigenvalue weighted by Crippen LogP contribution is -2.30. The van der Waals surface area contributed by atoms with Gasteiger partial charge in [0.1, 0.15) is 0 Å². The van der Waals surface area contributed by atoms with Crippen LogP contribution in [-0.2, 0) is 0 Å². The van der Waals surface area contributed by atoms with Crippen LogP contribution in [0.2, 0.25) is 5.02 Å². The number of rotatable bonds is 2. The Labute approximate surface area is 139 Å².